The van der Waals surface area contributed by atoms with Crippen LogP contribution in [0.5, 0.6) is 5.75 Å². The lowest BCUT2D eigenvalue weighted by Crippen LogP contribution is -2.39. The molecule has 1 aromatic carbocycles. The second-order valence-corrected chi connectivity index (χ2v) is 5.76. The molecule has 0 heterocycles. The van der Waals surface area contributed by atoms with Crippen LogP contribution in [0.2, 0.25) is 0 Å². The lowest BCUT2D eigenvalue weighted by Gasteiger charge is -2.18. The van der Waals surface area contributed by atoms with E-state index in [2.05, 4.69) is 5.32 Å². The average molecular weight is 277 g/mol. The normalized spacial score (nSPS) is 17.4. The number of rotatable bonds is 7. The maximum atomic E-state index is 12.0. The summed E-state index contributed by atoms with van der Waals surface area (Å²) in [5, 5.41) is 11.9. The van der Waals surface area contributed by atoms with Crippen LogP contribution in [0.15, 0.2) is 24.3 Å². The van der Waals surface area contributed by atoms with E-state index in [1.807, 2.05) is 31.2 Å². The Hall–Kier alpha value is -1.55. The summed E-state index contributed by atoms with van der Waals surface area (Å²) >= 11 is 0. The zero-order valence-electron chi connectivity index (χ0n) is 12.2. The van der Waals surface area contributed by atoms with Gasteiger partial charge in [0.05, 0.1) is 0 Å². The fourth-order valence-electron chi connectivity index (χ4n) is 2.22. The van der Waals surface area contributed by atoms with E-state index in [9.17, 15) is 4.79 Å². The van der Waals surface area contributed by atoms with E-state index >= 15 is 0 Å². The predicted molar refractivity (Wildman–Crippen MR) is 77.6 cm³/mol. The van der Waals surface area contributed by atoms with Gasteiger partial charge in [-0.2, -0.15) is 0 Å². The van der Waals surface area contributed by atoms with Gasteiger partial charge in [0.2, 0.25) is 0 Å². The van der Waals surface area contributed by atoms with Crippen molar-refractivity contribution in [1.29, 1.82) is 0 Å². The summed E-state index contributed by atoms with van der Waals surface area (Å²) in [6, 6.07) is 7.65. The molecule has 0 saturated heterocycles. The number of carbonyl (C=O) groups excluding carboxylic acids is 1. The third kappa shape index (κ3) is 3.97. The largest absolute Gasteiger partial charge is 0.481 e. The molecule has 1 aromatic rings. The number of hydrogen-bond donors (Lipinski definition) is 2. The highest BCUT2D eigenvalue weighted by molar-refractivity contribution is 5.80. The Kier molecular flexibility index (Phi) is 4.65. The molecule has 110 valence electrons. The molecule has 0 spiro atoms. The number of ether oxygens (including phenoxy) is 1. The zero-order chi connectivity index (χ0) is 14.6. The van der Waals surface area contributed by atoms with E-state index in [-0.39, 0.29) is 17.9 Å². The zero-order valence-corrected chi connectivity index (χ0v) is 12.2. The molecule has 4 heteroatoms. The molecule has 1 aliphatic carbocycles. The monoisotopic (exact) mass is 277 g/mol. The van der Waals surface area contributed by atoms with E-state index in [0.29, 0.717) is 12.3 Å². The Balaban J connectivity index is 1.78. The summed E-state index contributed by atoms with van der Waals surface area (Å²) in [6.07, 6.45) is 2.42. The second kappa shape index (κ2) is 6.27. The van der Waals surface area contributed by atoms with Gasteiger partial charge >= 0.3 is 0 Å². The number of carbonyl (C=O) groups is 1. The first-order chi connectivity index (χ1) is 9.54. The maximum Gasteiger partial charge on any atom is 0.260 e. The van der Waals surface area contributed by atoms with Crippen molar-refractivity contribution in [3.05, 3.63) is 29.8 Å². The molecule has 20 heavy (non-hydrogen) atoms. The average Bonchev–Trinajstić information content (AvgIpc) is 3.19. The van der Waals surface area contributed by atoms with Crippen LogP contribution in [0, 0.1) is 12.3 Å². The Morgan fingerprint density at radius 3 is 2.60 bits per heavy atom. The Bertz CT molecular complexity index is 451. The minimum absolute atomic E-state index is 0.102. The van der Waals surface area contributed by atoms with Crippen molar-refractivity contribution in [2.75, 3.05) is 13.2 Å². The van der Waals surface area contributed by atoms with Crippen molar-refractivity contribution >= 4 is 5.91 Å². The number of amides is 1. The van der Waals surface area contributed by atoms with Gasteiger partial charge in [-0.1, -0.05) is 17.7 Å². The standard InChI is InChI=1S/C16H23NO3/c1-12-3-5-14(6-4-12)20-13(2)15(19)17-11-16(7-8-16)9-10-18/h3-6,13,18H,7-11H2,1-2H3,(H,17,19). The summed E-state index contributed by atoms with van der Waals surface area (Å²) in [4.78, 5) is 12.0. The number of aliphatic hydroxyl groups is 1. The summed E-state index contributed by atoms with van der Waals surface area (Å²) in [6.45, 7) is 4.58. The van der Waals surface area contributed by atoms with E-state index in [4.69, 9.17) is 9.84 Å². The highest BCUT2D eigenvalue weighted by Crippen LogP contribution is 2.47. The van der Waals surface area contributed by atoms with Crippen LogP contribution in [-0.4, -0.2) is 30.3 Å². The van der Waals surface area contributed by atoms with Crippen molar-refractivity contribution < 1.29 is 14.6 Å². The quantitative estimate of drug-likeness (QED) is 0.802. The lowest BCUT2D eigenvalue weighted by molar-refractivity contribution is -0.127. The fourth-order valence-corrected chi connectivity index (χ4v) is 2.22. The SMILES string of the molecule is Cc1ccc(OC(C)C(=O)NCC2(CCO)CC2)cc1. The molecule has 1 unspecified atom stereocenters. The van der Waals surface area contributed by atoms with Gasteiger partial charge < -0.3 is 15.2 Å². The first kappa shape index (κ1) is 14.9. The highest BCUT2D eigenvalue weighted by atomic mass is 16.5. The highest BCUT2D eigenvalue weighted by Gasteiger charge is 2.42. The topological polar surface area (TPSA) is 58.6 Å². The van der Waals surface area contributed by atoms with Crippen LogP contribution >= 0.6 is 0 Å². The molecule has 2 rings (SSSR count). The van der Waals surface area contributed by atoms with Crippen LogP contribution in [0.25, 0.3) is 0 Å². The van der Waals surface area contributed by atoms with E-state index in [1.54, 1.807) is 6.92 Å². The van der Waals surface area contributed by atoms with Gasteiger partial charge in [-0.15, -0.1) is 0 Å². The van der Waals surface area contributed by atoms with Crippen molar-refractivity contribution in [2.45, 2.75) is 39.2 Å². The molecule has 0 radical (unpaired) electrons. The van der Waals surface area contributed by atoms with Gasteiger partial charge in [-0.05, 0) is 50.7 Å². The number of aryl methyl sites for hydroxylation is 1. The van der Waals surface area contributed by atoms with Crippen molar-refractivity contribution in [2.24, 2.45) is 5.41 Å². The second-order valence-electron chi connectivity index (χ2n) is 5.76. The van der Waals surface area contributed by atoms with E-state index in [0.717, 1.165) is 24.8 Å². The molecular weight excluding hydrogens is 254 g/mol. The van der Waals surface area contributed by atoms with Gasteiger partial charge in [0.15, 0.2) is 6.10 Å². The molecule has 2 N–H and O–H groups in total. The smallest absolute Gasteiger partial charge is 0.260 e. The van der Waals surface area contributed by atoms with Crippen molar-refractivity contribution in [3.63, 3.8) is 0 Å². The first-order valence-corrected chi connectivity index (χ1v) is 7.17. The minimum Gasteiger partial charge on any atom is -0.481 e. The van der Waals surface area contributed by atoms with Crippen LogP contribution in [0.4, 0.5) is 0 Å². The molecule has 1 fully saturated rings. The third-order valence-electron chi connectivity index (χ3n) is 3.94. The fraction of sp³-hybridized carbons (Fsp3) is 0.562. The molecule has 1 saturated carbocycles. The molecular formula is C16H23NO3. The van der Waals surface area contributed by atoms with E-state index in [1.165, 1.54) is 0 Å². The summed E-state index contributed by atoms with van der Waals surface area (Å²) < 4.78 is 5.62. The van der Waals surface area contributed by atoms with Crippen LogP contribution in [0.1, 0.15) is 31.7 Å². The summed E-state index contributed by atoms with van der Waals surface area (Å²) in [7, 11) is 0. The molecule has 0 aromatic heterocycles. The first-order valence-electron chi connectivity index (χ1n) is 7.17. The van der Waals surface area contributed by atoms with Gasteiger partial charge in [-0.3, -0.25) is 4.79 Å². The van der Waals surface area contributed by atoms with Gasteiger partial charge in [0.1, 0.15) is 5.75 Å². The summed E-state index contributed by atoms with van der Waals surface area (Å²) in [5.41, 5.74) is 1.29. The molecule has 0 aliphatic heterocycles. The predicted octanol–water partition coefficient (Wildman–Crippen LogP) is 2.04. The molecule has 4 nitrogen and oxygen atoms in total. The number of benzene rings is 1. The Morgan fingerprint density at radius 2 is 2.05 bits per heavy atom. The van der Waals surface area contributed by atoms with E-state index < -0.39 is 6.10 Å². The number of hydrogen-bond acceptors (Lipinski definition) is 3. The van der Waals surface area contributed by atoms with Gasteiger partial charge in [0, 0.05) is 13.2 Å². The van der Waals surface area contributed by atoms with Crippen LogP contribution in [-0.2, 0) is 4.79 Å². The molecule has 1 atom stereocenters. The van der Waals surface area contributed by atoms with Gasteiger partial charge in [0.25, 0.3) is 5.91 Å². The van der Waals surface area contributed by atoms with Crippen LogP contribution in [0.3, 0.4) is 0 Å². The molecule has 1 aliphatic rings. The Labute approximate surface area is 120 Å². The number of nitrogens with one attached hydrogen (secondary N) is 1. The third-order valence-corrected chi connectivity index (χ3v) is 3.94. The van der Waals surface area contributed by atoms with Crippen molar-refractivity contribution in [3.8, 4) is 5.75 Å². The maximum absolute atomic E-state index is 12.0. The molecule has 0 bridgehead atoms. The minimum atomic E-state index is -0.511. The molecule has 1 amide bonds. The lowest BCUT2D eigenvalue weighted by atomic mass is 10.0. The Morgan fingerprint density at radius 1 is 1.40 bits per heavy atom. The van der Waals surface area contributed by atoms with Gasteiger partial charge in [-0.25, -0.2) is 0 Å². The van der Waals surface area contributed by atoms with Crippen molar-refractivity contribution in [1.82, 2.24) is 5.32 Å². The summed E-state index contributed by atoms with van der Waals surface area (Å²) in [5.74, 6) is 0.601. The number of aliphatic hydroxyl groups excluding tert-OH is 1. The van der Waals surface area contributed by atoms with Crippen LogP contribution < -0.4 is 10.1 Å².